The number of alkyl carbamates (subject to hydrolysis) is 1. The van der Waals surface area contributed by atoms with Gasteiger partial charge in [0, 0.05) is 24.4 Å². The normalized spacial score (nSPS) is 28.2. The molecule has 2 saturated heterocycles. The number of ether oxygens (including phenoxy) is 1. The van der Waals surface area contributed by atoms with Gasteiger partial charge in [0.05, 0.1) is 5.54 Å². The Morgan fingerprint density at radius 1 is 1.12 bits per heavy atom. The van der Waals surface area contributed by atoms with Crippen LogP contribution in [0.1, 0.15) is 48.3 Å². The second-order valence-corrected chi connectivity index (χ2v) is 9.31. The van der Waals surface area contributed by atoms with Crippen molar-refractivity contribution in [3.63, 3.8) is 0 Å². The van der Waals surface area contributed by atoms with Crippen LogP contribution in [0.4, 0.5) is 4.79 Å². The van der Waals surface area contributed by atoms with E-state index in [2.05, 4.69) is 37.4 Å². The molecule has 2 spiro atoms. The number of likely N-dealkylation sites (tertiary alicyclic amines) is 1. The van der Waals surface area contributed by atoms with Gasteiger partial charge in [-0.05, 0) is 51.0 Å². The van der Waals surface area contributed by atoms with E-state index in [4.69, 9.17) is 4.74 Å². The van der Waals surface area contributed by atoms with E-state index < -0.39 is 0 Å². The summed E-state index contributed by atoms with van der Waals surface area (Å²) in [5.74, 6) is 0.991. The smallest absolute Gasteiger partial charge is 0.407 e. The summed E-state index contributed by atoms with van der Waals surface area (Å²) >= 11 is 0. The first kappa shape index (κ1) is 16.2. The molecule has 5 heteroatoms. The number of nitrogens with one attached hydrogen (secondary N) is 1. The van der Waals surface area contributed by atoms with Gasteiger partial charge < -0.3 is 15.0 Å². The van der Waals surface area contributed by atoms with Crippen molar-refractivity contribution >= 4 is 12.0 Å². The monoisotopic (exact) mass is 354 g/mol. The number of benzene rings is 1. The highest BCUT2D eigenvalue weighted by molar-refractivity contribution is 5.82. The quantitative estimate of drug-likeness (QED) is 0.888. The van der Waals surface area contributed by atoms with Crippen LogP contribution in [0.2, 0.25) is 0 Å². The number of carbonyl (C=O) groups excluding carboxylic acids is 2. The molecule has 4 aliphatic rings. The summed E-state index contributed by atoms with van der Waals surface area (Å²) in [5, 5.41) is 2.87. The van der Waals surface area contributed by atoms with E-state index in [0.717, 1.165) is 25.9 Å². The molecule has 0 radical (unpaired) electrons. The highest BCUT2D eigenvalue weighted by Crippen LogP contribution is 2.57. The van der Waals surface area contributed by atoms with Gasteiger partial charge in [-0.2, -0.15) is 0 Å². The Hall–Kier alpha value is -2.04. The van der Waals surface area contributed by atoms with E-state index in [9.17, 15) is 9.59 Å². The average Bonchev–Trinajstić information content (AvgIpc) is 2.84. The molecule has 0 atom stereocenters. The molecule has 26 heavy (non-hydrogen) atoms. The summed E-state index contributed by atoms with van der Waals surface area (Å²) in [7, 11) is 0. The first-order valence-corrected chi connectivity index (χ1v) is 9.67. The summed E-state index contributed by atoms with van der Waals surface area (Å²) in [5.41, 5.74) is 4.26. The molecule has 138 valence electrons. The number of hydrogen-bond acceptors (Lipinski definition) is 3. The maximum atomic E-state index is 12.7. The van der Waals surface area contributed by atoms with E-state index in [1.807, 2.05) is 4.90 Å². The molecule has 1 aromatic carbocycles. The largest absolute Gasteiger partial charge is 0.447 e. The van der Waals surface area contributed by atoms with Crippen molar-refractivity contribution in [3.05, 3.63) is 34.9 Å². The molecule has 5 rings (SSSR count). The number of hydrogen-bond donors (Lipinski definition) is 1. The number of aryl methyl sites for hydroxylation is 2. The summed E-state index contributed by atoms with van der Waals surface area (Å²) in [6.07, 6.45) is 3.53. The first-order valence-electron chi connectivity index (χ1n) is 9.67. The van der Waals surface area contributed by atoms with Crippen LogP contribution < -0.4 is 5.32 Å². The Morgan fingerprint density at radius 3 is 2.35 bits per heavy atom. The third-order valence-corrected chi connectivity index (χ3v) is 6.91. The summed E-state index contributed by atoms with van der Waals surface area (Å²) in [4.78, 5) is 25.9. The third-order valence-electron chi connectivity index (χ3n) is 6.91. The SMILES string of the molecule is Cc1cc(C)cc(C2CC3(C2)CN(C(=O)[C@H]2C[C@]4(COC(=O)N4)C2)C3)c1. The van der Waals surface area contributed by atoms with Crippen LogP contribution >= 0.6 is 0 Å². The van der Waals surface area contributed by atoms with Gasteiger partial charge in [0.15, 0.2) is 0 Å². The minimum atomic E-state index is -0.342. The van der Waals surface area contributed by atoms with Gasteiger partial charge in [0.2, 0.25) is 5.91 Å². The van der Waals surface area contributed by atoms with Gasteiger partial charge >= 0.3 is 6.09 Å². The molecule has 2 amide bonds. The first-order chi connectivity index (χ1) is 12.4. The van der Waals surface area contributed by atoms with Crippen LogP contribution in [-0.2, 0) is 9.53 Å². The minimum absolute atomic E-state index is 0.0599. The number of cyclic esters (lactones) is 1. The molecule has 2 aliphatic carbocycles. The lowest BCUT2D eigenvalue weighted by molar-refractivity contribution is -0.161. The van der Waals surface area contributed by atoms with Gasteiger partial charge in [-0.1, -0.05) is 29.3 Å². The molecule has 1 aromatic rings. The van der Waals surface area contributed by atoms with Gasteiger partial charge in [-0.25, -0.2) is 4.79 Å². The zero-order valence-corrected chi connectivity index (χ0v) is 15.5. The van der Waals surface area contributed by atoms with E-state index in [1.54, 1.807) is 0 Å². The molecule has 2 aliphatic heterocycles. The Labute approximate surface area is 154 Å². The Bertz CT molecular complexity index is 762. The number of nitrogens with zero attached hydrogens (tertiary/aromatic N) is 1. The molecule has 2 saturated carbocycles. The van der Waals surface area contributed by atoms with Crippen LogP contribution in [0.25, 0.3) is 0 Å². The summed E-state index contributed by atoms with van der Waals surface area (Å²) in [6.45, 7) is 6.58. The Morgan fingerprint density at radius 2 is 1.77 bits per heavy atom. The van der Waals surface area contributed by atoms with Gasteiger partial charge in [-0.15, -0.1) is 0 Å². The van der Waals surface area contributed by atoms with E-state index >= 15 is 0 Å². The number of amides is 2. The van der Waals surface area contributed by atoms with Crippen molar-refractivity contribution in [2.75, 3.05) is 19.7 Å². The fourth-order valence-corrected chi connectivity index (χ4v) is 5.67. The lowest BCUT2D eigenvalue weighted by atomic mass is 9.55. The summed E-state index contributed by atoms with van der Waals surface area (Å²) in [6, 6.07) is 6.86. The molecular weight excluding hydrogens is 328 g/mol. The zero-order chi connectivity index (χ0) is 18.1. The fraction of sp³-hybridized carbons (Fsp3) is 0.619. The summed E-state index contributed by atoms with van der Waals surface area (Å²) < 4.78 is 4.99. The van der Waals surface area contributed by atoms with Crippen molar-refractivity contribution in [2.45, 2.75) is 51.0 Å². The predicted octanol–water partition coefficient (Wildman–Crippen LogP) is 2.90. The molecule has 0 unspecified atom stereocenters. The Kier molecular flexibility index (Phi) is 3.26. The van der Waals surface area contributed by atoms with Crippen molar-refractivity contribution < 1.29 is 14.3 Å². The van der Waals surface area contributed by atoms with E-state index in [0.29, 0.717) is 17.9 Å². The second kappa shape index (κ2) is 5.24. The highest BCUT2D eigenvalue weighted by Gasteiger charge is 2.58. The lowest BCUT2D eigenvalue weighted by Crippen LogP contribution is -2.66. The van der Waals surface area contributed by atoms with Crippen molar-refractivity contribution in [1.29, 1.82) is 0 Å². The van der Waals surface area contributed by atoms with Gasteiger partial charge in [0.1, 0.15) is 6.61 Å². The van der Waals surface area contributed by atoms with E-state index in [-0.39, 0.29) is 23.5 Å². The van der Waals surface area contributed by atoms with Crippen molar-refractivity contribution in [3.8, 4) is 0 Å². The number of rotatable bonds is 2. The zero-order valence-electron chi connectivity index (χ0n) is 15.5. The van der Waals surface area contributed by atoms with Crippen LogP contribution in [-0.4, -0.2) is 42.1 Å². The molecular formula is C21H26N2O3. The topological polar surface area (TPSA) is 58.6 Å². The molecule has 0 aromatic heterocycles. The van der Waals surface area contributed by atoms with Crippen molar-refractivity contribution in [1.82, 2.24) is 10.2 Å². The van der Waals surface area contributed by atoms with Crippen LogP contribution in [0.15, 0.2) is 18.2 Å². The van der Waals surface area contributed by atoms with Gasteiger partial charge in [-0.3, -0.25) is 4.79 Å². The lowest BCUT2D eigenvalue weighted by Gasteiger charge is -2.60. The third kappa shape index (κ3) is 2.43. The molecule has 1 N–H and O–H groups in total. The molecule has 4 fully saturated rings. The highest BCUT2D eigenvalue weighted by atomic mass is 16.6. The van der Waals surface area contributed by atoms with Crippen LogP contribution in [0, 0.1) is 25.2 Å². The van der Waals surface area contributed by atoms with E-state index in [1.165, 1.54) is 29.5 Å². The minimum Gasteiger partial charge on any atom is -0.447 e. The molecule has 5 nitrogen and oxygen atoms in total. The van der Waals surface area contributed by atoms with Gasteiger partial charge in [0.25, 0.3) is 0 Å². The maximum Gasteiger partial charge on any atom is 0.407 e. The van der Waals surface area contributed by atoms with Crippen LogP contribution in [0.5, 0.6) is 0 Å². The number of carbonyl (C=O) groups is 2. The standard InChI is InChI=1S/C21H26N2O3/c1-13-3-14(2)5-15(4-13)16-6-20(7-16)10-23(11-20)18(24)17-8-21(9-17)12-26-19(25)22-21/h3-5,16-17H,6-12H2,1-2H3,(H,22,25)/t17-,21+. The van der Waals surface area contributed by atoms with Crippen LogP contribution in [0.3, 0.4) is 0 Å². The second-order valence-electron chi connectivity index (χ2n) is 9.31. The fourth-order valence-electron chi connectivity index (χ4n) is 5.67. The maximum absolute atomic E-state index is 12.7. The molecule has 0 bridgehead atoms. The molecule has 2 heterocycles. The van der Waals surface area contributed by atoms with Crippen molar-refractivity contribution in [2.24, 2.45) is 11.3 Å². The average molecular weight is 354 g/mol. The predicted molar refractivity (Wildman–Crippen MR) is 96.8 cm³/mol. The Balaban J connectivity index is 1.13.